The van der Waals surface area contributed by atoms with E-state index in [0.29, 0.717) is 31.7 Å². The van der Waals surface area contributed by atoms with Crippen molar-refractivity contribution in [1.29, 1.82) is 0 Å². The van der Waals surface area contributed by atoms with Crippen molar-refractivity contribution >= 4 is 29.7 Å². The molecule has 0 radical (unpaired) electrons. The Hall–Kier alpha value is -3.75. The Kier molecular flexibility index (Phi) is 7.75. The zero-order valence-electron chi connectivity index (χ0n) is 26.7. The third kappa shape index (κ3) is 4.98. The van der Waals surface area contributed by atoms with Crippen LogP contribution in [0.5, 0.6) is 11.5 Å². The van der Waals surface area contributed by atoms with Gasteiger partial charge in [-0.2, -0.15) is 0 Å². The average molecular weight is 658 g/mol. The molecule has 1 N–H and O–H groups in total. The first-order valence-corrected chi connectivity index (χ1v) is 16.1. The molecule has 1 spiro atoms. The van der Waals surface area contributed by atoms with E-state index in [0.717, 1.165) is 45.6 Å². The lowest BCUT2D eigenvalue weighted by Gasteiger charge is -2.62. The van der Waals surface area contributed by atoms with Crippen LogP contribution in [0, 0.1) is 5.92 Å². The molecular formula is C33H39NO13. The van der Waals surface area contributed by atoms with Gasteiger partial charge in [-0.3, -0.25) is 24.1 Å². The third-order valence-corrected chi connectivity index (χ3v) is 10.6. The quantitative estimate of drug-likeness (QED) is 0.308. The number of rotatable bonds is 8. The van der Waals surface area contributed by atoms with Gasteiger partial charge in [0.15, 0.2) is 41.7 Å². The number of likely N-dealkylation sites (tertiary alicyclic amines) is 1. The first kappa shape index (κ1) is 31.8. The number of hydrogen-bond donors (Lipinski definition) is 1. The van der Waals surface area contributed by atoms with Crippen molar-refractivity contribution in [2.45, 2.75) is 113 Å². The van der Waals surface area contributed by atoms with Crippen molar-refractivity contribution in [3.63, 3.8) is 0 Å². The van der Waals surface area contributed by atoms with Crippen LogP contribution in [0.15, 0.2) is 12.1 Å². The molecule has 254 valence electrons. The zero-order chi connectivity index (χ0) is 33.4. The van der Waals surface area contributed by atoms with Gasteiger partial charge >= 0.3 is 23.9 Å². The Balaban J connectivity index is 1.29. The van der Waals surface area contributed by atoms with Crippen LogP contribution in [0.2, 0.25) is 0 Å². The molecule has 7 rings (SSSR count). The van der Waals surface area contributed by atoms with Gasteiger partial charge in [0, 0.05) is 45.3 Å². The second-order valence-electron chi connectivity index (χ2n) is 13.5. The Bertz CT molecular complexity index is 1520. The van der Waals surface area contributed by atoms with E-state index in [9.17, 15) is 29.1 Å². The number of ether oxygens (including phenoxy) is 7. The van der Waals surface area contributed by atoms with E-state index in [1.165, 1.54) is 12.8 Å². The Morgan fingerprint density at radius 3 is 2.32 bits per heavy atom. The number of hydrogen-bond acceptors (Lipinski definition) is 14. The van der Waals surface area contributed by atoms with E-state index in [4.69, 9.17) is 33.2 Å². The van der Waals surface area contributed by atoms with E-state index in [1.54, 1.807) is 6.07 Å². The van der Waals surface area contributed by atoms with Crippen molar-refractivity contribution in [3.8, 4) is 11.5 Å². The fraction of sp³-hybridized carbons (Fsp3) is 0.667. The number of nitrogens with zero attached hydrogens (tertiary/aromatic N) is 1. The summed E-state index contributed by atoms with van der Waals surface area (Å²) in [5, 5.41) is 12.6. The summed E-state index contributed by atoms with van der Waals surface area (Å²) in [5.74, 6) is -2.48. The van der Waals surface area contributed by atoms with Crippen LogP contribution in [0.25, 0.3) is 0 Å². The molecule has 14 heteroatoms. The summed E-state index contributed by atoms with van der Waals surface area (Å²) < 4.78 is 40.0. The van der Waals surface area contributed by atoms with Gasteiger partial charge < -0.3 is 38.3 Å². The molecule has 2 bridgehead atoms. The summed E-state index contributed by atoms with van der Waals surface area (Å²) >= 11 is 0. The van der Waals surface area contributed by atoms with E-state index in [1.807, 2.05) is 6.07 Å². The summed E-state index contributed by atoms with van der Waals surface area (Å²) in [4.78, 5) is 65.4. The van der Waals surface area contributed by atoms with Crippen molar-refractivity contribution in [1.82, 2.24) is 4.90 Å². The fourth-order valence-corrected chi connectivity index (χ4v) is 8.65. The van der Waals surface area contributed by atoms with Gasteiger partial charge in [0.1, 0.15) is 0 Å². The van der Waals surface area contributed by atoms with Gasteiger partial charge in [-0.05, 0) is 56.2 Å². The van der Waals surface area contributed by atoms with Crippen LogP contribution in [0.3, 0.4) is 0 Å². The molecule has 4 fully saturated rings. The van der Waals surface area contributed by atoms with Gasteiger partial charge in [0.05, 0.1) is 18.1 Å². The number of Topliss-reactive ketones (excluding diaryl/α,β-unsaturated/α-hetero) is 1. The summed E-state index contributed by atoms with van der Waals surface area (Å²) in [5.41, 5.74) is -0.518. The molecule has 3 aliphatic carbocycles. The fourth-order valence-electron chi connectivity index (χ4n) is 8.65. The van der Waals surface area contributed by atoms with Crippen molar-refractivity contribution in [3.05, 3.63) is 23.3 Å². The van der Waals surface area contributed by atoms with Crippen LogP contribution in [0.4, 0.5) is 0 Å². The minimum atomic E-state index is -1.64. The third-order valence-electron chi connectivity index (χ3n) is 10.6. The molecule has 2 saturated heterocycles. The van der Waals surface area contributed by atoms with Crippen LogP contribution in [0.1, 0.15) is 64.0 Å². The highest BCUT2D eigenvalue weighted by molar-refractivity contribution is 5.90. The monoisotopic (exact) mass is 657 g/mol. The topological polar surface area (TPSA) is 173 Å². The molecule has 3 heterocycles. The minimum absolute atomic E-state index is 0.101. The Morgan fingerprint density at radius 1 is 0.979 bits per heavy atom. The maximum absolute atomic E-state index is 13.5. The molecule has 6 aliphatic rings. The highest BCUT2D eigenvalue weighted by Crippen LogP contribution is 2.65. The minimum Gasteiger partial charge on any atom is -0.477 e. The van der Waals surface area contributed by atoms with E-state index in [-0.39, 0.29) is 29.7 Å². The van der Waals surface area contributed by atoms with Gasteiger partial charge in [0.25, 0.3) is 0 Å². The first-order valence-electron chi connectivity index (χ1n) is 16.1. The molecule has 14 nitrogen and oxygen atoms in total. The summed E-state index contributed by atoms with van der Waals surface area (Å²) in [6.07, 6.45) is -4.78. The van der Waals surface area contributed by atoms with Gasteiger partial charge in [-0.15, -0.1) is 0 Å². The number of ketones is 1. The van der Waals surface area contributed by atoms with Gasteiger partial charge in [-0.1, -0.05) is 6.07 Å². The van der Waals surface area contributed by atoms with Crippen LogP contribution in [-0.2, 0) is 59.5 Å². The second-order valence-corrected chi connectivity index (χ2v) is 13.5. The summed E-state index contributed by atoms with van der Waals surface area (Å²) in [6, 6.07) is 3.36. The molecule has 47 heavy (non-hydrogen) atoms. The lowest BCUT2D eigenvalue weighted by atomic mass is 9.49. The number of esters is 4. The van der Waals surface area contributed by atoms with E-state index in [2.05, 4.69) is 4.90 Å². The number of aliphatic hydroxyl groups is 1. The van der Waals surface area contributed by atoms with Crippen molar-refractivity contribution in [2.24, 2.45) is 5.92 Å². The maximum Gasteiger partial charge on any atom is 0.339 e. The molecule has 9 atom stereocenters. The zero-order valence-corrected chi connectivity index (χ0v) is 26.7. The molecule has 1 aromatic rings. The molecule has 0 unspecified atom stereocenters. The number of carbonyl (C=O) groups excluding carboxylic acids is 5. The molecule has 3 aliphatic heterocycles. The van der Waals surface area contributed by atoms with Gasteiger partial charge in [0.2, 0.25) is 12.4 Å². The second kappa shape index (κ2) is 11.4. The number of methoxy groups -OCH3 is 1. The highest BCUT2D eigenvalue weighted by Gasteiger charge is 2.73. The first-order chi connectivity index (χ1) is 22.4. The van der Waals surface area contributed by atoms with Crippen LogP contribution in [-0.4, -0.2) is 108 Å². The summed E-state index contributed by atoms with van der Waals surface area (Å²) in [7, 11) is 1.10. The predicted octanol–water partition coefficient (Wildman–Crippen LogP) is 0.892. The smallest absolute Gasteiger partial charge is 0.339 e. The standard InChI is InChI=1S/C33H39NO13/c1-15(35)42-25-26(43-16(2)36)28(44-17(3)37)31(47-27(25)30(39)41-4)45-21-8-7-19-13-22-33(40)10-9-20(38)29-32(33,23(19)24(21)46-29)11-12-34(22)14-18-5-6-18/h7-8,18,22,25-29,31,40H,5-6,9-14H2,1-4H3/t22-,25+,26+,27+,28-,29+,31-,32+,33-/m1/s1. The van der Waals surface area contributed by atoms with Crippen LogP contribution >= 0.6 is 0 Å². The summed E-state index contributed by atoms with van der Waals surface area (Å²) in [6.45, 7) is 4.95. The Morgan fingerprint density at radius 2 is 1.66 bits per heavy atom. The molecule has 0 amide bonds. The number of piperidine rings is 1. The SMILES string of the molecule is COC(=O)[C@H]1O[C@@H](Oc2ccc3c4c2O[C@H]2C(=O)CC[C@@]5(O)[C@@H](C3)N(CC3CC3)CC[C@]425)[C@H](OC(C)=O)[C@@H](OC(C)=O)[C@@H]1OC(C)=O. The predicted molar refractivity (Wildman–Crippen MR) is 156 cm³/mol. The molecule has 2 saturated carbocycles. The largest absolute Gasteiger partial charge is 0.477 e. The van der Waals surface area contributed by atoms with Crippen molar-refractivity contribution in [2.75, 3.05) is 20.2 Å². The lowest BCUT2D eigenvalue weighted by Crippen LogP contribution is -2.76. The molecular weight excluding hydrogens is 618 g/mol. The van der Waals surface area contributed by atoms with Crippen molar-refractivity contribution < 1.29 is 62.2 Å². The maximum atomic E-state index is 13.5. The highest BCUT2D eigenvalue weighted by atomic mass is 16.7. The molecule has 0 aromatic heterocycles. The number of benzene rings is 1. The average Bonchev–Trinajstić information content (AvgIpc) is 3.75. The van der Waals surface area contributed by atoms with E-state index < -0.39 is 71.7 Å². The Labute approximate surface area is 270 Å². The van der Waals surface area contributed by atoms with E-state index >= 15 is 0 Å². The van der Waals surface area contributed by atoms with Crippen LogP contribution < -0.4 is 9.47 Å². The lowest BCUT2D eigenvalue weighted by molar-refractivity contribution is -0.282. The molecule has 1 aromatic carbocycles. The number of carbonyl (C=O) groups is 5. The normalized spacial score (nSPS) is 36.8. The van der Waals surface area contributed by atoms with Gasteiger partial charge in [-0.25, -0.2) is 4.79 Å².